The van der Waals surface area contributed by atoms with Gasteiger partial charge in [0.2, 0.25) is 5.82 Å². The molecule has 0 aliphatic carbocycles. The highest BCUT2D eigenvalue weighted by Crippen LogP contribution is 2.14. The van der Waals surface area contributed by atoms with E-state index in [1.807, 2.05) is 38.1 Å². The highest BCUT2D eigenvalue weighted by atomic mass is 16.2. The van der Waals surface area contributed by atoms with E-state index in [2.05, 4.69) is 31.7 Å². The fourth-order valence-electron chi connectivity index (χ4n) is 2.24. The predicted octanol–water partition coefficient (Wildman–Crippen LogP) is 1.92. The summed E-state index contributed by atoms with van der Waals surface area (Å²) in [5.74, 6) is 0.448. The molecule has 1 amide bonds. The molecule has 1 aromatic carbocycles. The average Bonchev–Trinajstić information content (AvgIpc) is 3.09. The van der Waals surface area contributed by atoms with E-state index in [-0.39, 0.29) is 11.7 Å². The lowest BCUT2D eigenvalue weighted by atomic mass is 10.1. The third-order valence-electron chi connectivity index (χ3n) is 3.19. The molecule has 0 unspecified atom stereocenters. The number of rotatable bonds is 4. The number of carbonyl (C=O) groups excluding carboxylic acids is 1. The van der Waals surface area contributed by atoms with Gasteiger partial charge in [0.15, 0.2) is 0 Å². The summed E-state index contributed by atoms with van der Waals surface area (Å²) in [5.41, 5.74) is 3.15. The number of aromatic amines is 1. The molecular formula is C15H16N6O. The van der Waals surface area contributed by atoms with Crippen LogP contribution in [0.5, 0.6) is 0 Å². The fraction of sp³-hybridized carbons (Fsp3) is 0.200. The summed E-state index contributed by atoms with van der Waals surface area (Å²) < 4.78 is 1.76. The van der Waals surface area contributed by atoms with Crippen molar-refractivity contribution >= 4 is 11.7 Å². The van der Waals surface area contributed by atoms with Crippen LogP contribution in [-0.2, 0) is 6.54 Å². The molecule has 3 rings (SSSR count). The zero-order valence-electron chi connectivity index (χ0n) is 12.4. The molecule has 0 aliphatic heterocycles. The number of benzene rings is 1. The minimum atomic E-state index is -0.345. The van der Waals surface area contributed by atoms with Crippen LogP contribution in [-0.4, -0.2) is 30.9 Å². The minimum absolute atomic E-state index is 0.168. The molecule has 0 bridgehead atoms. The highest BCUT2D eigenvalue weighted by molar-refractivity contribution is 6.00. The van der Waals surface area contributed by atoms with Gasteiger partial charge in [0, 0.05) is 6.07 Å². The van der Waals surface area contributed by atoms with Crippen LogP contribution in [0.2, 0.25) is 0 Å². The quantitative estimate of drug-likeness (QED) is 0.770. The number of anilines is 1. The third-order valence-corrected chi connectivity index (χ3v) is 3.19. The molecule has 0 spiro atoms. The van der Waals surface area contributed by atoms with Gasteiger partial charge >= 0.3 is 0 Å². The number of nitrogens with one attached hydrogen (secondary N) is 2. The number of nitrogens with zero attached hydrogens (tertiary/aromatic N) is 4. The van der Waals surface area contributed by atoms with Gasteiger partial charge in [-0.15, -0.1) is 0 Å². The lowest BCUT2D eigenvalue weighted by Gasteiger charge is -2.08. The Hall–Kier alpha value is -2.96. The molecule has 0 atom stereocenters. The lowest BCUT2D eigenvalue weighted by Crippen LogP contribution is -2.17. The van der Waals surface area contributed by atoms with Gasteiger partial charge in [0.1, 0.15) is 12.1 Å². The first-order chi connectivity index (χ1) is 10.6. The molecule has 2 N–H and O–H groups in total. The molecular weight excluding hydrogens is 280 g/mol. The number of aromatic nitrogens is 5. The maximum atomic E-state index is 12.1. The molecule has 2 aromatic heterocycles. The maximum Gasteiger partial charge on any atom is 0.294 e. The van der Waals surface area contributed by atoms with E-state index in [0.717, 1.165) is 11.3 Å². The molecule has 0 saturated carbocycles. The molecule has 3 aromatic rings. The molecule has 112 valence electrons. The summed E-state index contributed by atoms with van der Waals surface area (Å²) in [4.78, 5) is 15.9. The molecule has 0 fully saturated rings. The summed E-state index contributed by atoms with van der Waals surface area (Å²) in [7, 11) is 0. The van der Waals surface area contributed by atoms with E-state index in [4.69, 9.17) is 0 Å². The number of hydrogen-bond donors (Lipinski definition) is 2. The van der Waals surface area contributed by atoms with Crippen LogP contribution >= 0.6 is 0 Å². The predicted molar refractivity (Wildman–Crippen MR) is 81.6 cm³/mol. The van der Waals surface area contributed by atoms with Crippen molar-refractivity contribution in [3.8, 4) is 0 Å². The Bertz CT molecular complexity index is 790. The average molecular weight is 296 g/mol. The van der Waals surface area contributed by atoms with Crippen LogP contribution in [0.3, 0.4) is 0 Å². The first kappa shape index (κ1) is 14.0. The first-order valence-electron chi connectivity index (χ1n) is 6.88. The second kappa shape index (κ2) is 5.80. The minimum Gasteiger partial charge on any atom is -0.304 e. The van der Waals surface area contributed by atoms with E-state index in [1.54, 1.807) is 4.68 Å². The monoisotopic (exact) mass is 296 g/mol. The van der Waals surface area contributed by atoms with E-state index in [9.17, 15) is 4.79 Å². The van der Waals surface area contributed by atoms with Crippen molar-refractivity contribution in [1.82, 2.24) is 25.0 Å². The fourth-order valence-corrected chi connectivity index (χ4v) is 2.24. The van der Waals surface area contributed by atoms with E-state index in [0.29, 0.717) is 12.4 Å². The smallest absolute Gasteiger partial charge is 0.294 e. The van der Waals surface area contributed by atoms with Crippen LogP contribution in [0.4, 0.5) is 5.82 Å². The van der Waals surface area contributed by atoms with E-state index in [1.165, 1.54) is 11.9 Å². The van der Waals surface area contributed by atoms with Crippen molar-refractivity contribution in [3.05, 3.63) is 59.3 Å². The Kier molecular flexibility index (Phi) is 3.69. The van der Waals surface area contributed by atoms with E-state index >= 15 is 0 Å². The molecule has 2 heterocycles. The van der Waals surface area contributed by atoms with Gasteiger partial charge in [-0.3, -0.25) is 9.89 Å². The molecule has 7 heteroatoms. The second-order valence-corrected chi connectivity index (χ2v) is 5.11. The Balaban J connectivity index is 1.82. The van der Waals surface area contributed by atoms with Gasteiger partial charge < -0.3 is 5.32 Å². The second-order valence-electron chi connectivity index (χ2n) is 5.11. The largest absolute Gasteiger partial charge is 0.304 e. The third kappa shape index (κ3) is 3.03. The number of carbonyl (C=O) groups is 1. The lowest BCUT2D eigenvalue weighted by molar-refractivity contribution is 0.101. The molecule has 0 aliphatic rings. The number of amides is 1. The van der Waals surface area contributed by atoms with Crippen molar-refractivity contribution < 1.29 is 4.79 Å². The Morgan fingerprint density at radius 2 is 2.18 bits per heavy atom. The molecule has 0 saturated heterocycles. The molecule has 22 heavy (non-hydrogen) atoms. The summed E-state index contributed by atoms with van der Waals surface area (Å²) in [6.45, 7) is 4.52. The van der Waals surface area contributed by atoms with Crippen LogP contribution in [0.1, 0.15) is 27.4 Å². The summed E-state index contributed by atoms with van der Waals surface area (Å²) >= 11 is 0. The van der Waals surface area contributed by atoms with Gasteiger partial charge in [0.25, 0.3) is 5.91 Å². The van der Waals surface area contributed by atoms with Gasteiger partial charge in [0.05, 0.1) is 12.2 Å². The summed E-state index contributed by atoms with van der Waals surface area (Å²) in [6.07, 6.45) is 1.30. The van der Waals surface area contributed by atoms with Gasteiger partial charge in [-0.05, 0) is 19.4 Å². The number of aryl methyl sites for hydroxylation is 2. The summed E-state index contributed by atoms with van der Waals surface area (Å²) in [6, 6.07) is 10.0. The van der Waals surface area contributed by atoms with Crippen LogP contribution < -0.4 is 5.32 Å². The SMILES string of the molecule is Cc1cccc(Cn2nc(C)cc2NC(=O)c2ncn[nH]2)c1. The Labute approximate surface area is 127 Å². The first-order valence-corrected chi connectivity index (χ1v) is 6.88. The number of H-pyrrole nitrogens is 1. The van der Waals surface area contributed by atoms with E-state index < -0.39 is 0 Å². The van der Waals surface area contributed by atoms with Crippen LogP contribution in [0.15, 0.2) is 36.7 Å². The van der Waals surface area contributed by atoms with Gasteiger partial charge in [-0.2, -0.15) is 10.2 Å². The summed E-state index contributed by atoms with van der Waals surface area (Å²) in [5, 5.41) is 13.4. The van der Waals surface area contributed by atoms with Gasteiger partial charge in [-0.25, -0.2) is 9.67 Å². The zero-order chi connectivity index (χ0) is 15.5. The Morgan fingerprint density at radius 1 is 1.32 bits per heavy atom. The van der Waals surface area contributed by atoms with Crippen molar-refractivity contribution in [1.29, 1.82) is 0 Å². The van der Waals surface area contributed by atoms with Crippen molar-refractivity contribution in [2.24, 2.45) is 0 Å². The van der Waals surface area contributed by atoms with Gasteiger partial charge in [-0.1, -0.05) is 29.8 Å². The Morgan fingerprint density at radius 3 is 2.91 bits per heavy atom. The standard InChI is InChI=1S/C15H16N6O/c1-10-4-3-5-12(6-10)8-21-13(7-11(2)20-21)18-15(22)14-16-9-17-19-14/h3-7,9H,8H2,1-2H3,(H,18,22)(H,16,17,19). The highest BCUT2D eigenvalue weighted by Gasteiger charge is 2.13. The molecule has 7 nitrogen and oxygen atoms in total. The molecule has 0 radical (unpaired) electrons. The van der Waals surface area contributed by atoms with Crippen molar-refractivity contribution in [3.63, 3.8) is 0 Å². The van der Waals surface area contributed by atoms with Crippen molar-refractivity contribution in [2.75, 3.05) is 5.32 Å². The normalized spacial score (nSPS) is 10.6. The van der Waals surface area contributed by atoms with Crippen molar-refractivity contribution in [2.45, 2.75) is 20.4 Å². The maximum absolute atomic E-state index is 12.1. The zero-order valence-corrected chi connectivity index (χ0v) is 12.4. The van der Waals surface area contributed by atoms with Crippen LogP contribution in [0.25, 0.3) is 0 Å². The topological polar surface area (TPSA) is 88.5 Å². The van der Waals surface area contributed by atoms with Crippen LogP contribution in [0, 0.1) is 13.8 Å². The number of hydrogen-bond acceptors (Lipinski definition) is 4.